The first-order valence-electron chi connectivity index (χ1n) is 8.35. The third-order valence-electron chi connectivity index (χ3n) is 4.58. The number of carboxylic acids is 1. The first kappa shape index (κ1) is 17.7. The van der Waals surface area contributed by atoms with Gasteiger partial charge in [-0.1, -0.05) is 23.7 Å². The summed E-state index contributed by atoms with van der Waals surface area (Å²) < 4.78 is 0. The van der Waals surface area contributed by atoms with Crippen LogP contribution in [0.15, 0.2) is 36.5 Å². The lowest BCUT2D eigenvalue weighted by Crippen LogP contribution is -2.49. The Morgan fingerprint density at radius 1 is 1.40 bits per heavy atom. The van der Waals surface area contributed by atoms with E-state index in [9.17, 15) is 4.79 Å². The number of aliphatic carboxylic acids is 1. The number of rotatable bonds is 6. The van der Waals surface area contributed by atoms with E-state index in [1.807, 2.05) is 31.2 Å². The molecule has 0 saturated carbocycles. The second-order valence-electron chi connectivity index (χ2n) is 6.65. The van der Waals surface area contributed by atoms with Crippen LogP contribution in [0.2, 0.25) is 5.02 Å². The lowest BCUT2D eigenvalue weighted by Gasteiger charge is -2.36. The van der Waals surface area contributed by atoms with Crippen molar-refractivity contribution < 1.29 is 9.90 Å². The van der Waals surface area contributed by atoms with Crippen LogP contribution in [0.4, 0.5) is 5.82 Å². The molecule has 2 aromatic rings. The van der Waals surface area contributed by atoms with Gasteiger partial charge < -0.3 is 10.4 Å². The van der Waals surface area contributed by atoms with Gasteiger partial charge in [0.2, 0.25) is 0 Å². The van der Waals surface area contributed by atoms with Gasteiger partial charge in [-0.05, 0) is 48.7 Å². The number of benzene rings is 1. The Morgan fingerprint density at radius 3 is 2.84 bits per heavy atom. The molecular formula is C19H22ClN3O2. The third-order valence-corrected chi connectivity index (χ3v) is 5.01. The van der Waals surface area contributed by atoms with E-state index < -0.39 is 5.97 Å². The van der Waals surface area contributed by atoms with Crippen molar-refractivity contribution in [1.29, 1.82) is 0 Å². The van der Waals surface area contributed by atoms with Crippen molar-refractivity contribution in [3.05, 3.63) is 58.2 Å². The van der Waals surface area contributed by atoms with Gasteiger partial charge in [-0.3, -0.25) is 9.69 Å². The Balaban J connectivity index is 1.61. The standard InChI is InChI=1S/C19H22ClN3O2/c1-12-7-15(3-4-17(12)20)13(2)22-18-8-14(5-6-21-18)9-23-10-16(11-23)19(24)25/h3-8,13,16H,9-11H2,1-2H3,(H,21,22)(H,24,25)/t13-/m1/s1. The Labute approximate surface area is 152 Å². The predicted octanol–water partition coefficient (Wildman–Crippen LogP) is 3.73. The van der Waals surface area contributed by atoms with Crippen LogP contribution < -0.4 is 5.32 Å². The van der Waals surface area contributed by atoms with E-state index in [0.717, 1.165) is 34.1 Å². The molecule has 132 valence electrons. The number of nitrogens with zero attached hydrogens (tertiary/aromatic N) is 2. The van der Waals surface area contributed by atoms with Gasteiger partial charge in [0.25, 0.3) is 0 Å². The van der Waals surface area contributed by atoms with E-state index in [1.54, 1.807) is 6.20 Å². The molecule has 1 fully saturated rings. The largest absolute Gasteiger partial charge is 0.481 e. The summed E-state index contributed by atoms with van der Waals surface area (Å²) in [5.74, 6) is -0.124. The molecular weight excluding hydrogens is 338 g/mol. The van der Waals surface area contributed by atoms with Crippen LogP contribution in [-0.2, 0) is 11.3 Å². The molecule has 1 aliphatic rings. The quantitative estimate of drug-likeness (QED) is 0.822. The normalized spacial score (nSPS) is 16.3. The number of nitrogens with one attached hydrogen (secondary N) is 1. The fourth-order valence-electron chi connectivity index (χ4n) is 3.01. The van der Waals surface area contributed by atoms with E-state index in [4.69, 9.17) is 16.7 Å². The molecule has 5 nitrogen and oxygen atoms in total. The first-order chi connectivity index (χ1) is 11.9. The maximum atomic E-state index is 10.9. The molecule has 1 aromatic heterocycles. The summed E-state index contributed by atoms with van der Waals surface area (Å²) in [6.07, 6.45) is 1.78. The van der Waals surface area contributed by atoms with Crippen LogP contribution in [0.3, 0.4) is 0 Å². The lowest BCUT2D eigenvalue weighted by atomic mass is 10.00. The number of anilines is 1. The minimum absolute atomic E-state index is 0.110. The van der Waals surface area contributed by atoms with Crippen LogP contribution in [0.5, 0.6) is 0 Å². The molecule has 0 unspecified atom stereocenters. The van der Waals surface area contributed by atoms with Crippen molar-refractivity contribution >= 4 is 23.4 Å². The molecule has 2 N–H and O–H groups in total. The highest BCUT2D eigenvalue weighted by Crippen LogP contribution is 2.24. The first-order valence-corrected chi connectivity index (χ1v) is 8.73. The monoisotopic (exact) mass is 359 g/mol. The smallest absolute Gasteiger partial charge is 0.309 e. The Morgan fingerprint density at radius 2 is 2.16 bits per heavy atom. The summed E-state index contributed by atoms with van der Waals surface area (Å²) in [7, 11) is 0. The van der Waals surface area contributed by atoms with E-state index >= 15 is 0 Å². The van der Waals surface area contributed by atoms with Gasteiger partial charge in [0.1, 0.15) is 5.82 Å². The summed E-state index contributed by atoms with van der Waals surface area (Å²) in [5, 5.41) is 13.1. The highest BCUT2D eigenvalue weighted by molar-refractivity contribution is 6.31. The van der Waals surface area contributed by atoms with Gasteiger partial charge >= 0.3 is 5.97 Å². The molecule has 0 aliphatic carbocycles. The SMILES string of the molecule is Cc1cc([C@@H](C)Nc2cc(CN3CC(C(=O)O)C3)ccn2)ccc1Cl. The van der Waals surface area contributed by atoms with E-state index in [2.05, 4.69) is 28.2 Å². The molecule has 6 heteroatoms. The van der Waals surface area contributed by atoms with E-state index in [-0.39, 0.29) is 12.0 Å². The van der Waals surface area contributed by atoms with Crippen LogP contribution in [0.1, 0.15) is 29.7 Å². The topological polar surface area (TPSA) is 65.5 Å². The molecule has 1 saturated heterocycles. The fraction of sp³-hybridized carbons (Fsp3) is 0.368. The van der Waals surface area contributed by atoms with Crippen LogP contribution in [0.25, 0.3) is 0 Å². The number of aromatic nitrogens is 1. The number of hydrogen-bond acceptors (Lipinski definition) is 4. The molecule has 0 radical (unpaired) electrons. The van der Waals surface area contributed by atoms with Crippen molar-refractivity contribution in [2.75, 3.05) is 18.4 Å². The number of halogens is 1. The predicted molar refractivity (Wildman–Crippen MR) is 98.9 cm³/mol. The minimum Gasteiger partial charge on any atom is -0.481 e. The number of pyridine rings is 1. The van der Waals surface area contributed by atoms with E-state index in [0.29, 0.717) is 13.1 Å². The lowest BCUT2D eigenvalue weighted by molar-refractivity contribution is -0.147. The zero-order valence-corrected chi connectivity index (χ0v) is 15.1. The van der Waals surface area contributed by atoms with Crippen LogP contribution in [0, 0.1) is 12.8 Å². The van der Waals surface area contributed by atoms with Crippen molar-refractivity contribution in [2.24, 2.45) is 5.92 Å². The number of aryl methyl sites for hydroxylation is 1. The second-order valence-corrected chi connectivity index (χ2v) is 7.06. The average Bonchev–Trinajstić information content (AvgIpc) is 2.53. The molecule has 0 bridgehead atoms. The fourth-order valence-corrected chi connectivity index (χ4v) is 3.12. The number of likely N-dealkylation sites (tertiary alicyclic amines) is 1. The van der Waals surface area contributed by atoms with Crippen molar-refractivity contribution in [2.45, 2.75) is 26.4 Å². The zero-order valence-electron chi connectivity index (χ0n) is 14.4. The second kappa shape index (κ2) is 7.42. The Hall–Kier alpha value is -2.11. The summed E-state index contributed by atoms with van der Waals surface area (Å²) in [5.41, 5.74) is 3.34. The molecule has 1 atom stereocenters. The van der Waals surface area contributed by atoms with Crippen molar-refractivity contribution in [1.82, 2.24) is 9.88 Å². The van der Waals surface area contributed by atoms with Gasteiger partial charge in [-0.25, -0.2) is 4.98 Å². The summed E-state index contributed by atoms with van der Waals surface area (Å²) >= 11 is 6.09. The van der Waals surface area contributed by atoms with Gasteiger partial charge in [-0.15, -0.1) is 0 Å². The van der Waals surface area contributed by atoms with Gasteiger partial charge in [0.05, 0.1) is 5.92 Å². The van der Waals surface area contributed by atoms with Gasteiger partial charge in [0.15, 0.2) is 0 Å². The highest BCUT2D eigenvalue weighted by atomic mass is 35.5. The molecule has 2 heterocycles. The van der Waals surface area contributed by atoms with Crippen molar-refractivity contribution in [3.63, 3.8) is 0 Å². The van der Waals surface area contributed by atoms with Gasteiger partial charge in [0, 0.05) is 36.9 Å². The number of carbonyl (C=O) groups is 1. The summed E-state index contributed by atoms with van der Waals surface area (Å²) in [6, 6.07) is 10.1. The summed E-state index contributed by atoms with van der Waals surface area (Å²) in [4.78, 5) is 17.4. The molecule has 1 aliphatic heterocycles. The third kappa shape index (κ3) is 4.30. The Kier molecular flexibility index (Phi) is 5.25. The molecule has 0 amide bonds. The average molecular weight is 360 g/mol. The van der Waals surface area contributed by atoms with Crippen LogP contribution in [-0.4, -0.2) is 34.0 Å². The Bertz CT molecular complexity index is 775. The minimum atomic E-state index is -0.708. The summed E-state index contributed by atoms with van der Waals surface area (Å²) in [6.45, 7) is 6.05. The number of carboxylic acid groups (broad SMARTS) is 1. The van der Waals surface area contributed by atoms with Crippen molar-refractivity contribution in [3.8, 4) is 0 Å². The van der Waals surface area contributed by atoms with Gasteiger partial charge in [-0.2, -0.15) is 0 Å². The number of hydrogen-bond donors (Lipinski definition) is 2. The maximum absolute atomic E-state index is 10.9. The molecule has 0 spiro atoms. The molecule has 1 aromatic carbocycles. The molecule has 25 heavy (non-hydrogen) atoms. The highest BCUT2D eigenvalue weighted by Gasteiger charge is 2.32. The maximum Gasteiger partial charge on any atom is 0.309 e. The zero-order chi connectivity index (χ0) is 18.0. The molecule has 3 rings (SSSR count). The van der Waals surface area contributed by atoms with E-state index in [1.165, 1.54) is 0 Å². The van der Waals surface area contributed by atoms with Crippen LogP contribution >= 0.6 is 11.6 Å².